The molecule has 0 saturated carbocycles. The highest BCUT2D eigenvalue weighted by molar-refractivity contribution is 7.46. The summed E-state index contributed by atoms with van der Waals surface area (Å²) < 4.78 is 22.1. The number of ether oxygens (including phenoxy) is 1. The Morgan fingerprint density at radius 2 is 2.14 bits per heavy atom. The molecule has 0 amide bonds. The van der Waals surface area contributed by atoms with Crippen LogP contribution >= 0.6 is 7.82 Å². The fourth-order valence-corrected chi connectivity index (χ4v) is 2.96. The summed E-state index contributed by atoms with van der Waals surface area (Å²) in [7, 11) is -4.84. The first-order valence-electron chi connectivity index (χ1n) is 6.62. The third-order valence-corrected chi connectivity index (χ3v) is 3.79. The van der Waals surface area contributed by atoms with Gasteiger partial charge in [0.1, 0.15) is 12.2 Å². The Morgan fingerprint density at radius 1 is 1.45 bits per heavy atom. The van der Waals surface area contributed by atoms with Crippen molar-refractivity contribution in [2.45, 2.75) is 44.3 Å². The predicted octanol–water partition coefficient (Wildman–Crippen LogP) is -0.927. The van der Waals surface area contributed by atoms with Crippen LogP contribution in [0, 0.1) is 0 Å². The highest BCUT2D eigenvalue weighted by atomic mass is 31.2. The van der Waals surface area contributed by atoms with Crippen LogP contribution in [0.15, 0.2) is 21.9 Å². The molecule has 4 N–H and O–H groups in total. The lowest BCUT2D eigenvalue weighted by molar-refractivity contribution is -0.0418. The number of hydrogen-bond donors (Lipinski definition) is 4. The van der Waals surface area contributed by atoms with Gasteiger partial charge in [0.25, 0.3) is 5.56 Å². The van der Waals surface area contributed by atoms with Crippen molar-refractivity contribution >= 4 is 7.82 Å². The molecule has 22 heavy (non-hydrogen) atoms. The molecule has 1 aliphatic rings. The Hall–Kier alpha value is -1.29. The van der Waals surface area contributed by atoms with E-state index in [1.54, 1.807) is 0 Å². The van der Waals surface area contributed by atoms with Crippen LogP contribution in [-0.2, 0) is 13.8 Å². The number of nitrogens with zero attached hydrogens (tertiary/aromatic N) is 1. The summed E-state index contributed by atoms with van der Waals surface area (Å²) in [6.45, 7) is 1.82. The van der Waals surface area contributed by atoms with Gasteiger partial charge in [-0.2, -0.15) is 0 Å². The first kappa shape index (κ1) is 17.1. The number of hydrogen-bond acceptors (Lipinski definition) is 6. The third kappa shape index (κ3) is 3.72. The van der Waals surface area contributed by atoms with Gasteiger partial charge in [0.2, 0.25) is 0 Å². The van der Waals surface area contributed by atoms with Crippen LogP contribution in [0.4, 0.5) is 0 Å². The van der Waals surface area contributed by atoms with Crippen molar-refractivity contribution in [2.24, 2.45) is 0 Å². The van der Waals surface area contributed by atoms with Gasteiger partial charge in [-0.25, -0.2) is 9.36 Å². The summed E-state index contributed by atoms with van der Waals surface area (Å²) in [5.41, 5.74) is -1.41. The fourth-order valence-electron chi connectivity index (χ4n) is 2.38. The lowest BCUT2D eigenvalue weighted by atomic mass is 10.1. The van der Waals surface area contributed by atoms with Gasteiger partial charge < -0.3 is 19.6 Å². The molecule has 2 heterocycles. The average molecular weight is 336 g/mol. The second-order valence-corrected chi connectivity index (χ2v) is 6.11. The summed E-state index contributed by atoms with van der Waals surface area (Å²) in [4.78, 5) is 42.7. The third-order valence-electron chi connectivity index (χ3n) is 3.27. The molecule has 1 aromatic rings. The van der Waals surface area contributed by atoms with Gasteiger partial charge in [0.05, 0.1) is 6.10 Å². The van der Waals surface area contributed by atoms with Crippen LogP contribution in [-0.4, -0.2) is 42.8 Å². The molecule has 4 atom stereocenters. The highest BCUT2D eigenvalue weighted by Crippen LogP contribution is 2.44. The molecule has 1 unspecified atom stereocenters. The number of H-pyrrole nitrogens is 1. The maximum Gasteiger partial charge on any atom is 0.470 e. The fraction of sp³-hybridized carbons (Fsp3) is 0.636. The van der Waals surface area contributed by atoms with Crippen molar-refractivity contribution in [1.82, 2.24) is 9.55 Å². The van der Waals surface area contributed by atoms with E-state index in [4.69, 9.17) is 14.5 Å². The topological polar surface area (TPSA) is 151 Å². The van der Waals surface area contributed by atoms with Gasteiger partial charge in [0.15, 0.2) is 6.23 Å². The molecule has 1 saturated heterocycles. The summed E-state index contributed by atoms with van der Waals surface area (Å²) >= 11 is 0. The number of aliphatic hydroxyl groups excluding tert-OH is 1. The Kier molecular flexibility index (Phi) is 5.00. The second-order valence-electron chi connectivity index (χ2n) is 4.92. The number of aliphatic hydroxyl groups is 1. The number of rotatable bonds is 5. The molecule has 10 nitrogen and oxygen atoms in total. The van der Waals surface area contributed by atoms with Crippen LogP contribution in [0.5, 0.6) is 0 Å². The van der Waals surface area contributed by atoms with Crippen molar-refractivity contribution in [1.29, 1.82) is 0 Å². The molecule has 1 aliphatic heterocycles. The van der Waals surface area contributed by atoms with Gasteiger partial charge in [0, 0.05) is 12.3 Å². The summed E-state index contributed by atoms with van der Waals surface area (Å²) in [5.74, 6) is 0. The van der Waals surface area contributed by atoms with E-state index in [9.17, 15) is 19.3 Å². The van der Waals surface area contributed by atoms with Crippen LogP contribution < -0.4 is 11.2 Å². The van der Waals surface area contributed by atoms with Crippen molar-refractivity contribution in [2.75, 3.05) is 0 Å². The van der Waals surface area contributed by atoms with E-state index in [1.165, 1.54) is 0 Å². The SMILES string of the molecule is CCC[C@H]1O[C@@H](n2ccc(=O)[nH]c2=O)[C@@H](O)C1OP(=O)(O)O. The number of phosphoric acid groups is 1. The molecule has 0 aromatic carbocycles. The monoisotopic (exact) mass is 336 g/mol. The van der Waals surface area contributed by atoms with E-state index in [1.807, 2.05) is 11.9 Å². The van der Waals surface area contributed by atoms with Gasteiger partial charge in [-0.05, 0) is 6.42 Å². The van der Waals surface area contributed by atoms with Crippen LogP contribution in [0.1, 0.15) is 26.0 Å². The Bertz CT molecular complexity index is 679. The van der Waals surface area contributed by atoms with Gasteiger partial charge in [-0.3, -0.25) is 18.9 Å². The van der Waals surface area contributed by atoms with Crippen molar-refractivity contribution in [3.8, 4) is 0 Å². The number of phosphoric ester groups is 1. The molecule has 11 heteroatoms. The minimum Gasteiger partial charge on any atom is -0.386 e. The van der Waals surface area contributed by atoms with Gasteiger partial charge in [-0.1, -0.05) is 13.3 Å². The molecule has 1 fully saturated rings. The van der Waals surface area contributed by atoms with Gasteiger partial charge >= 0.3 is 13.5 Å². The summed E-state index contributed by atoms with van der Waals surface area (Å²) in [6, 6.07) is 1.07. The maximum atomic E-state index is 11.8. The van der Waals surface area contributed by atoms with E-state index >= 15 is 0 Å². The largest absolute Gasteiger partial charge is 0.470 e. The normalized spacial score (nSPS) is 28.9. The van der Waals surface area contributed by atoms with Crippen molar-refractivity contribution < 1.29 is 28.7 Å². The molecule has 2 rings (SSSR count). The minimum atomic E-state index is -4.84. The zero-order chi connectivity index (χ0) is 16.5. The lowest BCUT2D eigenvalue weighted by Gasteiger charge is -2.20. The van der Waals surface area contributed by atoms with Gasteiger partial charge in [-0.15, -0.1) is 0 Å². The molecule has 0 radical (unpaired) electrons. The average Bonchev–Trinajstić information content (AvgIpc) is 2.67. The number of aromatic nitrogens is 2. The van der Waals surface area contributed by atoms with Crippen LogP contribution in [0.25, 0.3) is 0 Å². The smallest absolute Gasteiger partial charge is 0.386 e. The summed E-state index contributed by atoms with van der Waals surface area (Å²) in [6.07, 6.45) is -2.65. The molecular weight excluding hydrogens is 319 g/mol. The molecular formula is C11H17N2O8P. The lowest BCUT2D eigenvalue weighted by Crippen LogP contribution is -2.38. The second kappa shape index (κ2) is 6.45. The zero-order valence-electron chi connectivity index (χ0n) is 11.7. The molecule has 0 aliphatic carbocycles. The molecule has 1 aromatic heterocycles. The van der Waals surface area contributed by atoms with Crippen molar-refractivity contribution in [3.05, 3.63) is 33.1 Å². The molecule has 124 valence electrons. The van der Waals surface area contributed by atoms with E-state index in [0.717, 1.165) is 16.8 Å². The predicted molar refractivity (Wildman–Crippen MR) is 73.1 cm³/mol. The maximum absolute atomic E-state index is 11.8. The first-order chi connectivity index (χ1) is 10.2. The molecule has 0 bridgehead atoms. The van der Waals surface area contributed by atoms with Crippen LogP contribution in [0.2, 0.25) is 0 Å². The van der Waals surface area contributed by atoms with E-state index in [2.05, 4.69) is 4.52 Å². The Morgan fingerprint density at radius 3 is 2.68 bits per heavy atom. The Labute approximate surface area is 124 Å². The quantitative estimate of drug-likeness (QED) is 0.504. The first-order valence-corrected chi connectivity index (χ1v) is 8.15. The number of nitrogens with one attached hydrogen (secondary N) is 1. The standard InChI is InChI=1S/C11H17N2O8P/c1-2-3-6-9(21-22(17,18)19)8(15)10(20-6)13-5-4-7(14)12-11(13)16/h4-6,8-10,15H,2-3H2,1H3,(H,12,14,16)(H2,17,18,19)/t6-,8+,9?,10-/m1/s1. The van der Waals surface area contributed by atoms with E-state index in [-0.39, 0.29) is 0 Å². The van der Waals surface area contributed by atoms with Crippen LogP contribution in [0.3, 0.4) is 0 Å². The van der Waals surface area contributed by atoms with E-state index in [0.29, 0.717) is 12.8 Å². The molecule has 0 spiro atoms. The zero-order valence-corrected chi connectivity index (χ0v) is 12.6. The van der Waals surface area contributed by atoms with E-state index < -0.39 is 43.6 Å². The minimum absolute atomic E-state index is 0.371. The number of aromatic amines is 1. The van der Waals surface area contributed by atoms with Crippen molar-refractivity contribution in [3.63, 3.8) is 0 Å². The highest BCUT2D eigenvalue weighted by Gasteiger charge is 2.47. The summed E-state index contributed by atoms with van der Waals surface area (Å²) in [5, 5.41) is 10.2. The Balaban J connectivity index is 2.32.